The highest BCUT2D eigenvalue weighted by Gasteiger charge is 2.21. The molecule has 0 aliphatic carbocycles. The third-order valence-corrected chi connectivity index (χ3v) is 4.64. The minimum absolute atomic E-state index is 0.395. The smallest absolute Gasteiger partial charge is 0.321 e. The molecule has 9 heteroatoms. The summed E-state index contributed by atoms with van der Waals surface area (Å²) < 4.78 is 1.77. The summed E-state index contributed by atoms with van der Waals surface area (Å²) in [5, 5.41) is 13.7. The van der Waals surface area contributed by atoms with Crippen LogP contribution in [0.5, 0.6) is 0 Å². The third-order valence-electron chi connectivity index (χ3n) is 3.18. The van der Waals surface area contributed by atoms with Gasteiger partial charge in [0.15, 0.2) is 11.0 Å². The number of imide groups is 1. The summed E-state index contributed by atoms with van der Waals surface area (Å²) in [4.78, 5) is 23.4. The Hall–Kier alpha value is -2.06. The van der Waals surface area contributed by atoms with E-state index in [1.807, 2.05) is 18.2 Å². The molecular formula is C15H18ClN5O2S. The molecular weight excluding hydrogens is 350 g/mol. The fourth-order valence-electron chi connectivity index (χ4n) is 1.92. The van der Waals surface area contributed by atoms with Gasteiger partial charge in [0, 0.05) is 19.2 Å². The Morgan fingerprint density at radius 1 is 1.33 bits per heavy atom. The van der Waals surface area contributed by atoms with Gasteiger partial charge < -0.3 is 9.88 Å². The molecule has 0 saturated heterocycles. The van der Waals surface area contributed by atoms with E-state index >= 15 is 0 Å². The molecule has 0 aliphatic heterocycles. The van der Waals surface area contributed by atoms with Gasteiger partial charge in [-0.05, 0) is 26.0 Å². The van der Waals surface area contributed by atoms with Gasteiger partial charge in [-0.1, -0.05) is 35.5 Å². The summed E-state index contributed by atoms with van der Waals surface area (Å²) >= 11 is 7.40. The first-order chi connectivity index (χ1) is 11.4. The molecule has 7 nitrogen and oxygen atoms in total. The number of thioether (sulfide) groups is 1. The van der Waals surface area contributed by atoms with Gasteiger partial charge in [-0.25, -0.2) is 4.79 Å². The number of carbonyl (C=O) groups is 2. The van der Waals surface area contributed by atoms with Crippen LogP contribution in [-0.4, -0.2) is 38.5 Å². The predicted molar refractivity (Wildman–Crippen MR) is 94.0 cm³/mol. The van der Waals surface area contributed by atoms with Crippen LogP contribution in [0.15, 0.2) is 29.4 Å². The lowest BCUT2D eigenvalue weighted by Crippen LogP contribution is -2.42. The summed E-state index contributed by atoms with van der Waals surface area (Å²) in [5.41, 5.74) is 0.764. The second kappa shape index (κ2) is 8.16. The lowest BCUT2D eigenvalue weighted by Gasteiger charge is -2.11. The normalized spacial score (nSPS) is 11.8. The maximum absolute atomic E-state index is 12.0. The highest BCUT2D eigenvalue weighted by Crippen LogP contribution is 2.29. The second-order valence-corrected chi connectivity index (χ2v) is 6.67. The van der Waals surface area contributed by atoms with E-state index in [1.54, 1.807) is 31.5 Å². The van der Waals surface area contributed by atoms with Crippen LogP contribution < -0.4 is 10.6 Å². The number of hydrogen-bond donors (Lipinski definition) is 2. The Bertz CT molecular complexity index is 749. The van der Waals surface area contributed by atoms with Gasteiger partial charge in [0.25, 0.3) is 0 Å². The van der Waals surface area contributed by atoms with Gasteiger partial charge in [0.05, 0.1) is 10.3 Å². The quantitative estimate of drug-likeness (QED) is 0.792. The Labute approximate surface area is 149 Å². The summed E-state index contributed by atoms with van der Waals surface area (Å²) in [6.07, 6.45) is 0. The van der Waals surface area contributed by atoms with Crippen LogP contribution in [0.2, 0.25) is 5.02 Å². The molecule has 0 bridgehead atoms. The van der Waals surface area contributed by atoms with Crippen molar-refractivity contribution in [2.45, 2.75) is 24.3 Å². The number of aromatic nitrogens is 3. The largest absolute Gasteiger partial charge is 0.338 e. The molecule has 1 heterocycles. The van der Waals surface area contributed by atoms with Gasteiger partial charge in [0.2, 0.25) is 5.91 Å². The molecule has 2 N–H and O–H groups in total. The predicted octanol–water partition coefficient (Wildman–Crippen LogP) is 2.46. The summed E-state index contributed by atoms with van der Waals surface area (Å²) in [7, 11) is 1.80. The van der Waals surface area contributed by atoms with Gasteiger partial charge in [-0.2, -0.15) is 0 Å². The van der Waals surface area contributed by atoms with Crippen molar-refractivity contribution in [3.63, 3.8) is 0 Å². The zero-order valence-electron chi connectivity index (χ0n) is 13.5. The van der Waals surface area contributed by atoms with Gasteiger partial charge >= 0.3 is 6.03 Å². The van der Waals surface area contributed by atoms with E-state index in [9.17, 15) is 9.59 Å². The van der Waals surface area contributed by atoms with E-state index in [1.165, 1.54) is 11.8 Å². The molecule has 2 aromatic rings. The first-order valence-corrected chi connectivity index (χ1v) is 8.59. The van der Waals surface area contributed by atoms with Gasteiger partial charge in [-0.3, -0.25) is 10.1 Å². The minimum atomic E-state index is -0.510. The number of hydrogen-bond acceptors (Lipinski definition) is 5. The van der Waals surface area contributed by atoms with Crippen molar-refractivity contribution in [3.8, 4) is 11.4 Å². The molecule has 2 rings (SSSR count). The van der Waals surface area contributed by atoms with E-state index in [0.29, 0.717) is 22.5 Å². The maximum Gasteiger partial charge on any atom is 0.321 e. The molecule has 0 spiro atoms. The van der Waals surface area contributed by atoms with Crippen molar-refractivity contribution < 1.29 is 9.59 Å². The molecule has 0 fully saturated rings. The Kier molecular flexibility index (Phi) is 6.22. The van der Waals surface area contributed by atoms with Crippen molar-refractivity contribution >= 4 is 35.3 Å². The number of amides is 3. The van der Waals surface area contributed by atoms with Crippen LogP contribution in [0.1, 0.15) is 13.8 Å². The molecule has 0 radical (unpaired) electrons. The second-order valence-electron chi connectivity index (χ2n) is 4.95. The average Bonchev–Trinajstić information content (AvgIpc) is 2.89. The molecule has 1 aromatic carbocycles. The molecule has 3 amide bonds. The number of urea groups is 1. The number of nitrogens with one attached hydrogen (secondary N) is 2. The number of nitrogens with zero attached hydrogens (tertiary/aromatic N) is 3. The minimum Gasteiger partial charge on any atom is -0.338 e. The SMILES string of the molecule is CCNC(=O)NC(=O)[C@@H](C)Sc1nnc(-c2ccccc2Cl)n1C. The summed E-state index contributed by atoms with van der Waals surface area (Å²) in [6, 6.07) is 6.83. The summed E-state index contributed by atoms with van der Waals surface area (Å²) in [6.45, 7) is 3.92. The van der Waals surface area contributed by atoms with E-state index < -0.39 is 17.2 Å². The van der Waals surface area contributed by atoms with Crippen molar-refractivity contribution in [3.05, 3.63) is 29.3 Å². The number of benzene rings is 1. The molecule has 0 unspecified atom stereocenters. The highest BCUT2D eigenvalue weighted by atomic mass is 35.5. The van der Waals surface area contributed by atoms with Crippen LogP contribution in [-0.2, 0) is 11.8 Å². The Morgan fingerprint density at radius 2 is 2.04 bits per heavy atom. The average molecular weight is 368 g/mol. The van der Waals surface area contributed by atoms with E-state index in [0.717, 1.165) is 5.56 Å². The highest BCUT2D eigenvalue weighted by molar-refractivity contribution is 8.00. The standard InChI is InChI=1S/C15H18ClN5O2S/c1-4-17-14(23)18-13(22)9(2)24-15-20-19-12(21(15)3)10-7-5-6-8-11(10)16/h5-9H,4H2,1-3H3,(H2,17,18,22,23)/t9-/m1/s1. The van der Waals surface area contributed by atoms with Crippen molar-refractivity contribution in [2.75, 3.05) is 6.54 Å². The van der Waals surface area contributed by atoms with Crippen LogP contribution in [0.3, 0.4) is 0 Å². The molecule has 1 atom stereocenters. The van der Waals surface area contributed by atoms with E-state index in [4.69, 9.17) is 11.6 Å². The van der Waals surface area contributed by atoms with Crippen molar-refractivity contribution in [1.29, 1.82) is 0 Å². The zero-order valence-corrected chi connectivity index (χ0v) is 15.1. The fraction of sp³-hybridized carbons (Fsp3) is 0.333. The number of rotatable bonds is 5. The topological polar surface area (TPSA) is 88.9 Å². The summed E-state index contributed by atoms with van der Waals surface area (Å²) in [5.74, 6) is 0.215. The molecule has 24 heavy (non-hydrogen) atoms. The van der Waals surface area contributed by atoms with Crippen molar-refractivity contribution in [1.82, 2.24) is 25.4 Å². The van der Waals surface area contributed by atoms with Crippen LogP contribution in [0.25, 0.3) is 11.4 Å². The maximum atomic E-state index is 12.0. The van der Waals surface area contributed by atoms with E-state index in [2.05, 4.69) is 20.8 Å². The molecule has 128 valence electrons. The Balaban J connectivity index is 2.10. The zero-order chi connectivity index (χ0) is 17.7. The third kappa shape index (κ3) is 4.27. The molecule has 1 aromatic heterocycles. The lowest BCUT2D eigenvalue weighted by atomic mass is 10.2. The Morgan fingerprint density at radius 3 is 2.71 bits per heavy atom. The lowest BCUT2D eigenvalue weighted by molar-refractivity contribution is -0.119. The monoisotopic (exact) mass is 367 g/mol. The van der Waals surface area contributed by atoms with Crippen molar-refractivity contribution in [2.24, 2.45) is 7.05 Å². The van der Waals surface area contributed by atoms with E-state index in [-0.39, 0.29) is 0 Å². The first kappa shape index (κ1) is 18.3. The van der Waals surface area contributed by atoms with Gasteiger partial charge in [-0.15, -0.1) is 10.2 Å². The molecule has 0 aliphatic rings. The van der Waals surface area contributed by atoms with Crippen LogP contribution in [0, 0.1) is 0 Å². The first-order valence-electron chi connectivity index (χ1n) is 7.33. The molecule has 0 saturated carbocycles. The van der Waals surface area contributed by atoms with Crippen LogP contribution >= 0.6 is 23.4 Å². The van der Waals surface area contributed by atoms with Gasteiger partial charge in [0.1, 0.15) is 0 Å². The van der Waals surface area contributed by atoms with Crippen LogP contribution in [0.4, 0.5) is 4.79 Å². The number of carbonyl (C=O) groups excluding carboxylic acids is 2. The number of halogens is 1. The fourth-order valence-corrected chi connectivity index (χ4v) is 2.96.